The summed E-state index contributed by atoms with van der Waals surface area (Å²) < 4.78 is 28.1. The van der Waals surface area contributed by atoms with Gasteiger partial charge in [0.1, 0.15) is 17.2 Å². The van der Waals surface area contributed by atoms with Crippen LogP contribution in [-0.2, 0) is 9.47 Å². The summed E-state index contributed by atoms with van der Waals surface area (Å²) in [5.41, 5.74) is 1.60. The van der Waals surface area contributed by atoms with Gasteiger partial charge in [0.05, 0.1) is 44.2 Å². The third-order valence-electron chi connectivity index (χ3n) is 9.01. The molecule has 0 aliphatic carbocycles. The van der Waals surface area contributed by atoms with Gasteiger partial charge in [-0.2, -0.15) is 0 Å². The van der Waals surface area contributed by atoms with Crippen molar-refractivity contribution in [2.24, 2.45) is 0 Å². The Bertz CT molecular complexity index is 1950. The maximum absolute atomic E-state index is 13.5. The van der Waals surface area contributed by atoms with Crippen molar-refractivity contribution in [3.05, 3.63) is 108 Å². The highest BCUT2D eigenvalue weighted by molar-refractivity contribution is 6.08. The van der Waals surface area contributed by atoms with Crippen LogP contribution in [0.3, 0.4) is 0 Å². The number of fused-ring (bicyclic) bond motifs is 2. The van der Waals surface area contributed by atoms with E-state index in [1.807, 2.05) is 72.8 Å². The number of hydrogen-bond acceptors (Lipinski definition) is 7. The van der Waals surface area contributed by atoms with E-state index in [9.17, 15) is 9.59 Å². The van der Waals surface area contributed by atoms with Crippen molar-refractivity contribution >= 4 is 39.1 Å². The molecule has 5 aromatic carbocycles. The number of ether oxygens (including phenoxy) is 5. The molecule has 252 valence electrons. The van der Waals surface area contributed by atoms with Crippen molar-refractivity contribution in [1.29, 1.82) is 0 Å². The molecular formula is C41H41NO7. The van der Waals surface area contributed by atoms with Crippen LogP contribution in [0.1, 0.15) is 59.2 Å². The number of carbonyl (C=O) groups excluding carboxylic acids is 2. The standard InChI is InChI=1S/C41H41NO7/c1-42(40(43)32-13-11-30-23-35(17-15-28(30)21-32)45-19-4-2-8-38-26-47-38)34-7-6-10-37(25-34)49-41(44)33-14-12-31-24-36(18-16-29(31)22-33)46-20-5-3-9-39-27-48-39/h6-7,10-18,21-25,38-39H,2-5,8-9,19-20,26-27H2,1H3. The van der Waals surface area contributed by atoms with E-state index in [2.05, 4.69) is 0 Å². The van der Waals surface area contributed by atoms with Crippen molar-refractivity contribution in [2.45, 2.75) is 50.7 Å². The third kappa shape index (κ3) is 8.76. The molecule has 2 saturated heterocycles. The molecule has 2 fully saturated rings. The molecule has 5 aromatic rings. The lowest BCUT2D eigenvalue weighted by Crippen LogP contribution is -2.26. The zero-order valence-corrected chi connectivity index (χ0v) is 27.8. The van der Waals surface area contributed by atoms with E-state index in [4.69, 9.17) is 23.7 Å². The summed E-state index contributed by atoms with van der Waals surface area (Å²) in [6, 6.07) is 29.9. The van der Waals surface area contributed by atoms with Crippen molar-refractivity contribution < 1.29 is 33.3 Å². The van der Waals surface area contributed by atoms with Crippen molar-refractivity contribution in [3.8, 4) is 17.2 Å². The molecule has 0 saturated carbocycles. The third-order valence-corrected chi connectivity index (χ3v) is 9.01. The maximum atomic E-state index is 13.5. The molecule has 8 heteroatoms. The Morgan fingerprint density at radius 1 is 0.633 bits per heavy atom. The summed E-state index contributed by atoms with van der Waals surface area (Å²) in [5.74, 6) is 1.34. The highest BCUT2D eigenvalue weighted by atomic mass is 16.6. The van der Waals surface area contributed by atoms with E-state index in [-0.39, 0.29) is 5.91 Å². The average Bonchev–Trinajstić information content (AvgIpc) is 4.07. The minimum Gasteiger partial charge on any atom is -0.494 e. The van der Waals surface area contributed by atoms with Crippen molar-refractivity contribution in [1.82, 2.24) is 0 Å². The second-order valence-corrected chi connectivity index (χ2v) is 12.8. The lowest BCUT2D eigenvalue weighted by atomic mass is 10.1. The van der Waals surface area contributed by atoms with Crippen LogP contribution < -0.4 is 19.1 Å². The van der Waals surface area contributed by atoms with Gasteiger partial charge in [0.2, 0.25) is 0 Å². The topological polar surface area (TPSA) is 90.1 Å². The Balaban J connectivity index is 0.939. The Kier molecular flexibility index (Phi) is 10.1. The van der Waals surface area contributed by atoms with E-state index < -0.39 is 5.97 Å². The first-order valence-electron chi connectivity index (χ1n) is 17.2. The molecule has 0 N–H and O–H groups in total. The quantitative estimate of drug-likeness (QED) is 0.0455. The molecule has 8 nitrogen and oxygen atoms in total. The van der Waals surface area contributed by atoms with Gasteiger partial charge in [0, 0.05) is 24.4 Å². The minimum atomic E-state index is -0.473. The van der Waals surface area contributed by atoms with Crippen LogP contribution >= 0.6 is 0 Å². The van der Waals surface area contributed by atoms with E-state index >= 15 is 0 Å². The van der Waals surface area contributed by atoms with Crippen LogP contribution in [0.15, 0.2) is 97.1 Å². The summed E-state index contributed by atoms with van der Waals surface area (Å²) in [5, 5.41) is 3.86. The average molecular weight is 660 g/mol. The van der Waals surface area contributed by atoms with Crippen LogP contribution in [0, 0.1) is 0 Å². The van der Waals surface area contributed by atoms with E-state index in [0.29, 0.717) is 48.0 Å². The number of carbonyl (C=O) groups is 2. The Labute approximate surface area is 286 Å². The molecule has 0 bridgehead atoms. The smallest absolute Gasteiger partial charge is 0.343 e. The molecule has 1 amide bonds. The minimum absolute atomic E-state index is 0.170. The fourth-order valence-electron chi connectivity index (χ4n) is 5.92. The first kappa shape index (κ1) is 32.6. The van der Waals surface area contributed by atoms with Crippen LogP contribution in [0.4, 0.5) is 5.69 Å². The number of hydrogen-bond donors (Lipinski definition) is 0. The number of rotatable bonds is 16. The molecule has 0 aromatic heterocycles. The molecule has 0 spiro atoms. The summed E-state index contributed by atoms with van der Waals surface area (Å²) in [6.45, 7) is 3.13. The Morgan fingerprint density at radius 3 is 1.76 bits per heavy atom. The highest BCUT2D eigenvalue weighted by Crippen LogP contribution is 2.28. The molecule has 2 atom stereocenters. The Hall–Kier alpha value is -4.92. The molecule has 2 unspecified atom stereocenters. The van der Waals surface area contributed by atoms with Gasteiger partial charge in [0.15, 0.2) is 0 Å². The van der Waals surface area contributed by atoms with Crippen LogP contribution in [0.5, 0.6) is 17.2 Å². The van der Waals surface area contributed by atoms with Crippen molar-refractivity contribution in [3.63, 3.8) is 0 Å². The summed E-state index contributed by atoms with van der Waals surface area (Å²) in [6.07, 6.45) is 7.30. The van der Waals surface area contributed by atoms with Gasteiger partial charge in [-0.3, -0.25) is 4.79 Å². The van der Waals surface area contributed by atoms with Gasteiger partial charge in [-0.25, -0.2) is 4.79 Å². The maximum Gasteiger partial charge on any atom is 0.343 e. The molecule has 2 heterocycles. The summed E-state index contributed by atoms with van der Waals surface area (Å²) in [4.78, 5) is 28.2. The molecule has 2 aliphatic heterocycles. The fraction of sp³-hybridized carbons (Fsp3) is 0.317. The fourth-order valence-corrected chi connectivity index (χ4v) is 5.92. The second-order valence-electron chi connectivity index (χ2n) is 12.8. The predicted octanol–water partition coefficient (Wildman–Crippen LogP) is 8.38. The number of anilines is 1. The summed E-state index contributed by atoms with van der Waals surface area (Å²) in [7, 11) is 1.71. The zero-order chi connectivity index (χ0) is 33.6. The largest absolute Gasteiger partial charge is 0.494 e. The number of nitrogens with zero attached hydrogens (tertiary/aromatic N) is 1. The number of amides is 1. The van der Waals surface area contributed by atoms with E-state index in [1.54, 1.807) is 36.2 Å². The molecule has 49 heavy (non-hydrogen) atoms. The van der Waals surface area contributed by atoms with Gasteiger partial charge in [-0.05, 0) is 121 Å². The van der Waals surface area contributed by atoms with E-state index in [1.165, 1.54) is 0 Å². The van der Waals surface area contributed by atoms with Gasteiger partial charge in [-0.1, -0.05) is 30.3 Å². The van der Waals surface area contributed by atoms with Crippen LogP contribution in [-0.4, -0.2) is 57.6 Å². The molecular weight excluding hydrogens is 618 g/mol. The molecule has 0 radical (unpaired) electrons. The number of benzene rings is 5. The first-order valence-corrected chi connectivity index (χ1v) is 17.2. The van der Waals surface area contributed by atoms with Gasteiger partial charge < -0.3 is 28.6 Å². The van der Waals surface area contributed by atoms with Crippen molar-refractivity contribution in [2.75, 3.05) is 38.4 Å². The zero-order valence-electron chi connectivity index (χ0n) is 27.8. The monoisotopic (exact) mass is 659 g/mol. The highest BCUT2D eigenvalue weighted by Gasteiger charge is 2.22. The van der Waals surface area contributed by atoms with Gasteiger partial charge in [0.25, 0.3) is 5.91 Å². The van der Waals surface area contributed by atoms with Crippen LogP contribution in [0.25, 0.3) is 21.5 Å². The Morgan fingerprint density at radius 2 is 1.16 bits per heavy atom. The number of esters is 1. The molecule has 2 aliphatic rings. The van der Waals surface area contributed by atoms with Gasteiger partial charge >= 0.3 is 5.97 Å². The molecule has 7 rings (SSSR count). The lowest BCUT2D eigenvalue weighted by molar-refractivity contribution is 0.0735. The summed E-state index contributed by atoms with van der Waals surface area (Å²) >= 11 is 0. The van der Waals surface area contributed by atoms with E-state index in [0.717, 1.165) is 84.8 Å². The van der Waals surface area contributed by atoms with Gasteiger partial charge in [-0.15, -0.1) is 0 Å². The SMILES string of the molecule is CN(C(=O)c1ccc2cc(OCCCCC3CO3)ccc2c1)c1cccc(OC(=O)c2ccc3cc(OCCCCC4CO4)ccc3c2)c1. The second kappa shape index (κ2) is 15.1. The number of unbranched alkanes of at least 4 members (excludes halogenated alkanes) is 2. The van der Waals surface area contributed by atoms with Crippen LogP contribution in [0.2, 0.25) is 0 Å². The normalized spacial score (nSPS) is 16.3. The lowest BCUT2D eigenvalue weighted by Gasteiger charge is -2.18. The number of epoxide rings is 2. The first-order chi connectivity index (χ1) is 24.0. The predicted molar refractivity (Wildman–Crippen MR) is 190 cm³/mol.